The first kappa shape index (κ1) is 46.5. The van der Waals surface area contributed by atoms with Gasteiger partial charge in [0, 0.05) is 47.2 Å². The normalized spacial score (nSPS) is 13.3. The highest BCUT2D eigenvalue weighted by Gasteiger charge is 2.45. The second kappa shape index (κ2) is 21.3. The number of aromatic nitrogens is 3. The van der Waals surface area contributed by atoms with Gasteiger partial charge in [-0.15, -0.1) is 0 Å². The van der Waals surface area contributed by atoms with E-state index in [0.29, 0.717) is 42.2 Å². The number of halogens is 4. The zero-order valence-corrected chi connectivity index (χ0v) is 34.8. The van der Waals surface area contributed by atoms with E-state index in [1.54, 1.807) is 12.1 Å². The maximum atomic E-state index is 13.2. The smallest absolute Gasteiger partial charge is 0.422 e. The van der Waals surface area contributed by atoms with Gasteiger partial charge in [-0.05, 0) is 98.6 Å². The van der Waals surface area contributed by atoms with Crippen molar-refractivity contribution in [1.29, 1.82) is 0 Å². The minimum absolute atomic E-state index is 0.0390. The van der Waals surface area contributed by atoms with E-state index in [1.165, 1.54) is 48.5 Å². The molecule has 62 heavy (non-hydrogen) atoms. The molecule has 1 saturated carbocycles. The van der Waals surface area contributed by atoms with Crippen molar-refractivity contribution in [2.75, 3.05) is 62.4 Å². The van der Waals surface area contributed by atoms with Crippen LogP contribution in [0.15, 0.2) is 72.8 Å². The van der Waals surface area contributed by atoms with E-state index in [2.05, 4.69) is 51.8 Å². The molecule has 0 saturated heterocycles. The molecule has 1 aromatic heterocycles. The average molecular weight is 883 g/mol. The fourth-order valence-electron chi connectivity index (χ4n) is 6.01. The SMILES string of the molecule is CCN(CC)CCNC(=O)c1ccc(NC(=O)C(=O)NCC[C@H](NC(=O)c2ccc(Nc3nc(NC4(c5ccc(Cl)cc5)CC4)nc(OCC(F)(F)F)n3)cc2)C(=O)OC)cc1. The van der Waals surface area contributed by atoms with Crippen LogP contribution < -0.4 is 36.6 Å². The summed E-state index contributed by atoms with van der Waals surface area (Å²) in [5, 5.41) is 16.8. The largest absolute Gasteiger partial charge is 0.467 e. The van der Waals surface area contributed by atoms with Gasteiger partial charge in [0.1, 0.15) is 6.04 Å². The molecule has 4 amide bonds. The van der Waals surface area contributed by atoms with Gasteiger partial charge in [-0.3, -0.25) is 19.2 Å². The molecule has 4 aromatic rings. The van der Waals surface area contributed by atoms with Crippen molar-refractivity contribution in [3.05, 3.63) is 94.5 Å². The third-order valence-corrected chi connectivity index (χ3v) is 9.86. The summed E-state index contributed by atoms with van der Waals surface area (Å²) in [5.41, 5.74) is 1.43. The standard InChI is InChI=1S/C41H46ClF3N10O7/c1-4-55(5-2)23-22-47-32(56)25-6-14-29(15-7-25)48-35(59)34(58)46-21-18-31(36(60)61-3)50-33(57)26-8-16-30(17-9-26)49-37-51-38(53-39(52-37)62-24-41(43,44)45)54-40(19-20-40)27-10-12-28(42)13-11-27/h6-17,31H,4-5,18-24H2,1-3H3,(H,46,58)(H,47,56)(H,48,59)(H,50,57)(H2,49,51,52,53,54)/t31-/m0/s1. The molecule has 0 bridgehead atoms. The summed E-state index contributed by atoms with van der Waals surface area (Å²) < 4.78 is 48.7. The van der Waals surface area contributed by atoms with E-state index < -0.39 is 54.1 Å². The lowest BCUT2D eigenvalue weighted by atomic mass is 10.1. The number of carbonyl (C=O) groups excluding carboxylic acids is 5. The highest BCUT2D eigenvalue weighted by atomic mass is 35.5. The van der Waals surface area contributed by atoms with Crippen LogP contribution in [0.2, 0.25) is 5.02 Å². The van der Waals surface area contributed by atoms with Gasteiger partial charge in [-0.1, -0.05) is 37.6 Å². The third-order valence-electron chi connectivity index (χ3n) is 9.61. The van der Waals surface area contributed by atoms with Crippen LogP contribution in [0.4, 0.5) is 36.4 Å². The molecule has 330 valence electrons. The number of ether oxygens (including phenoxy) is 2. The Bertz CT molecular complexity index is 2190. The van der Waals surface area contributed by atoms with Crippen molar-refractivity contribution in [3.63, 3.8) is 0 Å². The van der Waals surface area contributed by atoms with E-state index >= 15 is 0 Å². The Hall–Kier alpha value is -6.54. The van der Waals surface area contributed by atoms with Gasteiger partial charge in [-0.2, -0.15) is 28.1 Å². The second-order valence-electron chi connectivity index (χ2n) is 14.0. The molecule has 1 heterocycles. The van der Waals surface area contributed by atoms with Crippen molar-refractivity contribution < 1.29 is 46.6 Å². The van der Waals surface area contributed by atoms with Gasteiger partial charge in [0.15, 0.2) is 6.61 Å². The quantitative estimate of drug-likeness (QED) is 0.0520. The molecule has 21 heteroatoms. The number of likely N-dealkylation sites (N-methyl/N-ethyl adjacent to an activating group) is 1. The van der Waals surface area contributed by atoms with Crippen molar-refractivity contribution in [2.24, 2.45) is 0 Å². The Kier molecular flexibility index (Phi) is 16.0. The number of nitrogens with zero attached hydrogens (tertiary/aromatic N) is 4. The number of hydrogen-bond donors (Lipinski definition) is 6. The molecule has 0 radical (unpaired) electrons. The van der Waals surface area contributed by atoms with Crippen LogP contribution in [0, 0.1) is 0 Å². The Labute approximate surface area is 359 Å². The number of nitrogens with one attached hydrogen (secondary N) is 6. The molecule has 1 fully saturated rings. The Balaban J connectivity index is 1.14. The molecular formula is C41H46ClF3N10O7. The summed E-state index contributed by atoms with van der Waals surface area (Å²) in [7, 11) is 1.12. The van der Waals surface area contributed by atoms with Crippen molar-refractivity contribution in [1.82, 2.24) is 35.8 Å². The van der Waals surface area contributed by atoms with Gasteiger partial charge in [-0.25, -0.2) is 4.79 Å². The van der Waals surface area contributed by atoms with E-state index in [-0.39, 0.29) is 42.0 Å². The second-order valence-corrected chi connectivity index (χ2v) is 14.4. The van der Waals surface area contributed by atoms with Gasteiger partial charge in [0.2, 0.25) is 11.9 Å². The average Bonchev–Trinajstić information content (AvgIpc) is 4.04. The minimum atomic E-state index is -4.65. The first-order chi connectivity index (χ1) is 29.6. The van der Waals surface area contributed by atoms with E-state index in [0.717, 1.165) is 25.8 Å². The molecule has 3 aromatic carbocycles. The van der Waals surface area contributed by atoms with Crippen LogP contribution in [0.1, 0.15) is 59.4 Å². The number of rotatable bonds is 20. The van der Waals surface area contributed by atoms with E-state index in [9.17, 15) is 37.1 Å². The number of methoxy groups -OCH3 is 1. The maximum Gasteiger partial charge on any atom is 0.422 e. The molecule has 0 unspecified atom stereocenters. The van der Waals surface area contributed by atoms with Gasteiger partial charge in [0.05, 0.1) is 12.6 Å². The fourth-order valence-corrected chi connectivity index (χ4v) is 6.14. The predicted molar refractivity (Wildman–Crippen MR) is 223 cm³/mol. The molecule has 5 rings (SSSR count). The van der Waals surface area contributed by atoms with Gasteiger partial charge < -0.3 is 46.3 Å². The first-order valence-electron chi connectivity index (χ1n) is 19.6. The lowest BCUT2D eigenvalue weighted by Crippen LogP contribution is -2.44. The number of anilines is 4. The molecule has 1 aliphatic carbocycles. The molecule has 17 nitrogen and oxygen atoms in total. The predicted octanol–water partition coefficient (Wildman–Crippen LogP) is 4.80. The van der Waals surface area contributed by atoms with Crippen LogP contribution in [0.5, 0.6) is 6.01 Å². The topological polar surface area (TPSA) is 218 Å². The Morgan fingerprint density at radius 3 is 2.00 bits per heavy atom. The molecule has 0 aliphatic heterocycles. The zero-order chi connectivity index (χ0) is 44.9. The number of hydrogen-bond acceptors (Lipinski definition) is 13. The van der Waals surface area contributed by atoms with Crippen LogP contribution in [0.3, 0.4) is 0 Å². The third kappa shape index (κ3) is 13.7. The van der Waals surface area contributed by atoms with Crippen molar-refractivity contribution >= 4 is 64.5 Å². The van der Waals surface area contributed by atoms with Gasteiger partial charge in [0.25, 0.3) is 11.8 Å². The Morgan fingerprint density at radius 2 is 1.40 bits per heavy atom. The first-order valence-corrected chi connectivity index (χ1v) is 19.9. The molecule has 1 aliphatic rings. The van der Waals surface area contributed by atoms with Crippen molar-refractivity contribution in [3.8, 4) is 6.01 Å². The minimum Gasteiger partial charge on any atom is -0.467 e. The number of benzene rings is 3. The van der Waals surface area contributed by atoms with Crippen LogP contribution >= 0.6 is 11.6 Å². The zero-order valence-electron chi connectivity index (χ0n) is 34.0. The maximum absolute atomic E-state index is 13.2. The fraction of sp³-hybridized carbons (Fsp3) is 0.366. The number of esters is 1. The summed E-state index contributed by atoms with van der Waals surface area (Å²) >= 11 is 6.04. The number of amides is 4. The molecule has 1 atom stereocenters. The molecule has 6 N–H and O–H groups in total. The lowest BCUT2D eigenvalue weighted by molar-refractivity contribution is -0.154. The van der Waals surface area contributed by atoms with Crippen LogP contribution in [-0.2, 0) is 24.7 Å². The molecule has 0 spiro atoms. The van der Waals surface area contributed by atoms with E-state index in [4.69, 9.17) is 21.1 Å². The van der Waals surface area contributed by atoms with E-state index in [1.807, 2.05) is 26.0 Å². The Morgan fingerprint density at radius 1 is 0.790 bits per heavy atom. The highest BCUT2D eigenvalue weighted by Crippen LogP contribution is 2.48. The number of alkyl halides is 3. The van der Waals surface area contributed by atoms with Gasteiger partial charge >= 0.3 is 30.0 Å². The van der Waals surface area contributed by atoms with Crippen LogP contribution in [0.25, 0.3) is 0 Å². The molecular weight excluding hydrogens is 837 g/mol. The van der Waals surface area contributed by atoms with Crippen LogP contribution in [-0.4, -0.2) is 108 Å². The summed E-state index contributed by atoms with van der Waals surface area (Å²) in [6.07, 6.45) is -3.38. The monoisotopic (exact) mass is 882 g/mol. The summed E-state index contributed by atoms with van der Waals surface area (Å²) in [5.74, 6) is -3.94. The van der Waals surface area contributed by atoms with Crippen molar-refractivity contribution in [2.45, 2.75) is 50.9 Å². The summed E-state index contributed by atoms with van der Waals surface area (Å²) in [6, 6.07) is 17.1. The lowest BCUT2D eigenvalue weighted by Gasteiger charge is -2.19. The number of carbonyl (C=O) groups is 5. The summed E-state index contributed by atoms with van der Waals surface area (Å²) in [6.45, 7) is 5.18. The highest BCUT2D eigenvalue weighted by molar-refractivity contribution is 6.39. The summed E-state index contributed by atoms with van der Waals surface area (Å²) in [4.78, 5) is 77.8.